The smallest absolute Gasteiger partial charge is 0.287 e. The fourth-order valence-corrected chi connectivity index (χ4v) is 5.04. The number of aliphatic hydroxyl groups excluding tert-OH is 1. The Morgan fingerprint density at radius 1 is 1.27 bits per heavy atom. The molecule has 2 heterocycles. The Kier molecular flexibility index (Phi) is 4.59. The van der Waals surface area contributed by atoms with Gasteiger partial charge in [-0.2, -0.15) is 0 Å². The number of hydrogen-bond donors (Lipinski definition) is 2. The van der Waals surface area contributed by atoms with E-state index in [0.717, 1.165) is 28.7 Å². The first-order valence-electron chi connectivity index (χ1n) is 9.12. The summed E-state index contributed by atoms with van der Waals surface area (Å²) >= 11 is 1.66. The molecule has 1 aromatic carbocycles. The molecule has 1 amide bonds. The lowest BCUT2D eigenvalue weighted by molar-refractivity contribution is 0.0918. The van der Waals surface area contributed by atoms with E-state index in [9.17, 15) is 9.90 Å². The first-order chi connectivity index (χ1) is 12.6. The van der Waals surface area contributed by atoms with E-state index >= 15 is 0 Å². The van der Waals surface area contributed by atoms with Crippen LogP contribution in [0.25, 0.3) is 11.0 Å². The molecule has 3 aromatic rings. The average Bonchev–Trinajstić information content (AvgIpc) is 3.38. The quantitative estimate of drug-likeness (QED) is 0.680. The van der Waals surface area contributed by atoms with E-state index in [1.54, 1.807) is 24.3 Å². The van der Waals surface area contributed by atoms with E-state index in [1.165, 1.54) is 17.7 Å². The molecule has 4 nitrogen and oxygen atoms in total. The number of nitrogens with one attached hydrogen (secondary N) is 1. The molecule has 26 heavy (non-hydrogen) atoms. The minimum atomic E-state index is -0.447. The van der Waals surface area contributed by atoms with Crippen LogP contribution in [0, 0.1) is 0 Å². The Bertz CT molecular complexity index is 885. The summed E-state index contributed by atoms with van der Waals surface area (Å²) in [6.45, 7) is 2.39. The summed E-state index contributed by atoms with van der Waals surface area (Å²) in [6.07, 6.45) is 4.02. The van der Waals surface area contributed by atoms with Gasteiger partial charge in [0.25, 0.3) is 5.91 Å². The molecular weight excluding hydrogens is 346 g/mol. The largest absolute Gasteiger partial charge is 0.451 e. The molecule has 1 aliphatic rings. The fourth-order valence-electron chi connectivity index (χ4n) is 3.85. The average molecular weight is 369 g/mol. The van der Waals surface area contributed by atoms with Gasteiger partial charge in [-0.1, -0.05) is 31.0 Å². The van der Waals surface area contributed by atoms with Crippen LogP contribution in [-0.4, -0.2) is 17.6 Å². The van der Waals surface area contributed by atoms with Crippen LogP contribution in [0.1, 0.15) is 59.0 Å². The standard InChI is InChI=1S/C21H23NO3S/c1-14(23)18-8-9-19(26-18)21(10-4-5-11-21)13-22-20(24)17-12-15-6-2-3-7-16(15)25-17/h2-3,6-9,12,14,23H,4-5,10-11,13H2,1H3,(H,22,24). The van der Waals surface area contributed by atoms with E-state index in [1.807, 2.05) is 30.3 Å². The van der Waals surface area contributed by atoms with Crippen LogP contribution in [0.2, 0.25) is 0 Å². The zero-order chi connectivity index (χ0) is 18.1. The maximum absolute atomic E-state index is 12.6. The zero-order valence-electron chi connectivity index (χ0n) is 14.8. The highest BCUT2D eigenvalue weighted by Crippen LogP contribution is 2.44. The number of furan rings is 1. The highest BCUT2D eigenvalue weighted by molar-refractivity contribution is 7.12. The zero-order valence-corrected chi connectivity index (χ0v) is 15.6. The number of hydrogen-bond acceptors (Lipinski definition) is 4. The third kappa shape index (κ3) is 3.17. The van der Waals surface area contributed by atoms with Crippen molar-refractivity contribution >= 4 is 28.2 Å². The van der Waals surface area contributed by atoms with Crippen LogP contribution < -0.4 is 5.32 Å². The normalized spacial score (nSPS) is 17.5. The van der Waals surface area contributed by atoms with Gasteiger partial charge >= 0.3 is 0 Å². The first kappa shape index (κ1) is 17.3. The van der Waals surface area contributed by atoms with Crippen molar-refractivity contribution in [2.75, 3.05) is 6.54 Å². The van der Waals surface area contributed by atoms with Crippen molar-refractivity contribution in [3.05, 3.63) is 58.0 Å². The Balaban J connectivity index is 1.52. The van der Waals surface area contributed by atoms with Crippen molar-refractivity contribution in [1.82, 2.24) is 5.32 Å². The van der Waals surface area contributed by atoms with Gasteiger partial charge in [0.2, 0.25) is 0 Å². The Hall–Kier alpha value is -2.11. The molecule has 5 heteroatoms. The van der Waals surface area contributed by atoms with Crippen LogP contribution in [0.5, 0.6) is 0 Å². The predicted molar refractivity (Wildman–Crippen MR) is 104 cm³/mol. The first-order valence-corrected chi connectivity index (χ1v) is 9.94. The van der Waals surface area contributed by atoms with Gasteiger partial charge in [0.05, 0.1) is 6.10 Å². The van der Waals surface area contributed by atoms with Crippen molar-refractivity contribution in [2.45, 2.75) is 44.1 Å². The summed E-state index contributed by atoms with van der Waals surface area (Å²) in [4.78, 5) is 14.9. The van der Waals surface area contributed by atoms with Gasteiger partial charge in [-0.05, 0) is 44.0 Å². The predicted octanol–water partition coefficient (Wildman–Crippen LogP) is 4.79. The molecule has 1 unspecified atom stereocenters. The van der Waals surface area contributed by atoms with Crippen molar-refractivity contribution in [3.63, 3.8) is 0 Å². The second kappa shape index (κ2) is 6.89. The Labute approximate surface area is 156 Å². The van der Waals surface area contributed by atoms with Crippen LogP contribution in [0.15, 0.2) is 46.9 Å². The van der Waals surface area contributed by atoms with E-state index in [4.69, 9.17) is 4.42 Å². The van der Waals surface area contributed by atoms with Crippen molar-refractivity contribution < 1.29 is 14.3 Å². The highest BCUT2D eigenvalue weighted by Gasteiger charge is 2.37. The van der Waals surface area contributed by atoms with E-state index in [2.05, 4.69) is 11.4 Å². The Morgan fingerprint density at radius 2 is 2.04 bits per heavy atom. The molecule has 1 saturated carbocycles. The van der Waals surface area contributed by atoms with Gasteiger partial charge in [0.1, 0.15) is 5.58 Å². The summed E-state index contributed by atoms with van der Waals surface area (Å²) in [5.41, 5.74) is 0.701. The van der Waals surface area contributed by atoms with Crippen LogP contribution in [0.3, 0.4) is 0 Å². The van der Waals surface area contributed by atoms with Gasteiger partial charge in [-0.3, -0.25) is 4.79 Å². The molecule has 0 aliphatic heterocycles. The van der Waals surface area contributed by atoms with Gasteiger partial charge in [-0.15, -0.1) is 11.3 Å². The minimum absolute atomic E-state index is 0.0283. The number of carbonyl (C=O) groups is 1. The van der Waals surface area contributed by atoms with Gasteiger partial charge in [0.15, 0.2) is 5.76 Å². The minimum Gasteiger partial charge on any atom is -0.451 e. The van der Waals surface area contributed by atoms with E-state index in [0.29, 0.717) is 12.3 Å². The van der Waals surface area contributed by atoms with Crippen LogP contribution >= 0.6 is 11.3 Å². The summed E-state index contributed by atoms with van der Waals surface area (Å²) < 4.78 is 5.68. The number of para-hydroxylation sites is 1. The monoisotopic (exact) mass is 369 g/mol. The number of amides is 1. The summed E-state index contributed by atoms with van der Waals surface area (Å²) in [5.74, 6) is 0.190. The number of rotatable bonds is 5. The fraction of sp³-hybridized carbons (Fsp3) is 0.381. The summed E-state index contributed by atoms with van der Waals surface area (Å²) in [6, 6.07) is 13.6. The summed E-state index contributed by atoms with van der Waals surface area (Å²) in [7, 11) is 0. The van der Waals surface area contributed by atoms with Gasteiger partial charge in [0, 0.05) is 27.1 Å². The lowest BCUT2D eigenvalue weighted by Gasteiger charge is -2.28. The lowest BCUT2D eigenvalue weighted by atomic mass is 9.84. The number of aliphatic hydroxyl groups is 1. The third-order valence-electron chi connectivity index (χ3n) is 5.36. The molecule has 0 bridgehead atoms. The molecular formula is C21H23NO3S. The third-order valence-corrected chi connectivity index (χ3v) is 6.86. The molecule has 1 fully saturated rings. The molecule has 1 atom stereocenters. The second-order valence-electron chi connectivity index (χ2n) is 7.20. The number of fused-ring (bicyclic) bond motifs is 1. The number of thiophene rings is 1. The van der Waals surface area contributed by atoms with Gasteiger partial charge in [-0.25, -0.2) is 0 Å². The van der Waals surface area contributed by atoms with Crippen molar-refractivity contribution in [2.24, 2.45) is 0 Å². The molecule has 2 aromatic heterocycles. The second-order valence-corrected chi connectivity index (χ2v) is 8.31. The molecule has 0 saturated heterocycles. The molecule has 2 N–H and O–H groups in total. The number of benzene rings is 1. The highest BCUT2D eigenvalue weighted by atomic mass is 32.1. The molecule has 0 radical (unpaired) electrons. The molecule has 4 rings (SSSR count). The number of carbonyl (C=O) groups excluding carboxylic acids is 1. The van der Waals surface area contributed by atoms with Gasteiger partial charge < -0.3 is 14.8 Å². The van der Waals surface area contributed by atoms with Crippen molar-refractivity contribution in [1.29, 1.82) is 0 Å². The maximum Gasteiger partial charge on any atom is 0.287 e. The molecule has 1 aliphatic carbocycles. The Morgan fingerprint density at radius 3 is 2.73 bits per heavy atom. The van der Waals surface area contributed by atoms with Crippen molar-refractivity contribution in [3.8, 4) is 0 Å². The van der Waals surface area contributed by atoms with E-state index < -0.39 is 6.10 Å². The lowest BCUT2D eigenvalue weighted by Crippen LogP contribution is -2.38. The summed E-state index contributed by atoms with van der Waals surface area (Å²) in [5, 5.41) is 13.9. The van der Waals surface area contributed by atoms with Crippen LogP contribution in [0.4, 0.5) is 0 Å². The van der Waals surface area contributed by atoms with Crippen LogP contribution in [-0.2, 0) is 5.41 Å². The SMILES string of the molecule is CC(O)c1ccc(C2(CNC(=O)c3cc4ccccc4o3)CCCC2)s1. The molecule has 0 spiro atoms. The molecule has 136 valence electrons. The maximum atomic E-state index is 12.6. The topological polar surface area (TPSA) is 62.5 Å². The van der Waals surface area contributed by atoms with E-state index in [-0.39, 0.29) is 11.3 Å².